The molecule has 2 nitrogen and oxygen atoms in total. The molecule has 0 amide bonds. The summed E-state index contributed by atoms with van der Waals surface area (Å²) in [6, 6.07) is 7.10. The van der Waals surface area contributed by atoms with Gasteiger partial charge in [-0.25, -0.2) is 0 Å². The maximum Gasteiger partial charge on any atom is 0.0382 e. The zero-order valence-electron chi connectivity index (χ0n) is 10.7. The van der Waals surface area contributed by atoms with Gasteiger partial charge in [-0.3, -0.25) is 0 Å². The van der Waals surface area contributed by atoms with Crippen molar-refractivity contribution in [2.45, 2.75) is 45.7 Å². The lowest BCUT2D eigenvalue weighted by Gasteiger charge is -2.21. The summed E-state index contributed by atoms with van der Waals surface area (Å²) in [5.41, 5.74) is 4.49. The quantitative estimate of drug-likeness (QED) is 0.815. The highest BCUT2D eigenvalue weighted by Crippen LogP contribution is 2.38. The fraction of sp³-hybridized carbons (Fsp3) is 0.571. The highest BCUT2D eigenvalue weighted by molar-refractivity contribution is 5.62. The molecule has 1 heterocycles. The molecule has 0 aliphatic carbocycles. The van der Waals surface area contributed by atoms with E-state index in [0.29, 0.717) is 6.04 Å². The highest BCUT2D eigenvalue weighted by Gasteiger charge is 2.31. The Hall–Kier alpha value is -1.02. The Morgan fingerprint density at radius 2 is 2.12 bits per heavy atom. The van der Waals surface area contributed by atoms with Gasteiger partial charge in [-0.2, -0.15) is 0 Å². The summed E-state index contributed by atoms with van der Waals surface area (Å²) in [6.07, 6.45) is 0. The van der Waals surface area contributed by atoms with Crippen molar-refractivity contribution in [2.24, 2.45) is 0 Å². The summed E-state index contributed by atoms with van der Waals surface area (Å²) in [5.74, 6) is 0. The Morgan fingerprint density at radius 1 is 1.38 bits per heavy atom. The molecule has 2 heteroatoms. The van der Waals surface area contributed by atoms with E-state index >= 15 is 0 Å². The van der Waals surface area contributed by atoms with Crippen molar-refractivity contribution in [3.05, 3.63) is 29.3 Å². The molecule has 0 fully saturated rings. The van der Waals surface area contributed by atoms with Crippen LogP contribution in [-0.4, -0.2) is 12.6 Å². The normalized spacial score (nSPS) is 17.3. The SMILES string of the molecule is CC(C)NCc1cccc2c1C(C)(C)CN2. The molecule has 88 valence electrons. The topological polar surface area (TPSA) is 24.1 Å². The summed E-state index contributed by atoms with van der Waals surface area (Å²) in [7, 11) is 0. The zero-order chi connectivity index (χ0) is 11.8. The molecule has 0 saturated carbocycles. The predicted octanol–water partition coefficient (Wildman–Crippen LogP) is 2.89. The highest BCUT2D eigenvalue weighted by atomic mass is 14.9. The van der Waals surface area contributed by atoms with Gasteiger partial charge in [-0.05, 0) is 17.2 Å². The van der Waals surface area contributed by atoms with Crippen molar-refractivity contribution in [3.63, 3.8) is 0 Å². The molecule has 0 spiro atoms. The van der Waals surface area contributed by atoms with Crippen LogP contribution in [0.4, 0.5) is 5.69 Å². The van der Waals surface area contributed by atoms with Crippen molar-refractivity contribution in [1.82, 2.24) is 5.32 Å². The van der Waals surface area contributed by atoms with Gasteiger partial charge in [0.1, 0.15) is 0 Å². The third-order valence-electron chi connectivity index (χ3n) is 3.25. The Labute approximate surface area is 98.4 Å². The second-order valence-electron chi connectivity index (χ2n) is 5.61. The lowest BCUT2D eigenvalue weighted by molar-refractivity contribution is 0.554. The summed E-state index contributed by atoms with van der Waals surface area (Å²) in [5, 5.41) is 6.99. The summed E-state index contributed by atoms with van der Waals surface area (Å²) in [4.78, 5) is 0. The van der Waals surface area contributed by atoms with E-state index in [1.54, 1.807) is 0 Å². The van der Waals surface area contributed by atoms with Crippen LogP contribution in [-0.2, 0) is 12.0 Å². The van der Waals surface area contributed by atoms with Gasteiger partial charge < -0.3 is 10.6 Å². The van der Waals surface area contributed by atoms with Crippen molar-refractivity contribution in [2.75, 3.05) is 11.9 Å². The Kier molecular flexibility index (Phi) is 2.94. The second kappa shape index (κ2) is 4.10. The van der Waals surface area contributed by atoms with E-state index in [-0.39, 0.29) is 5.41 Å². The van der Waals surface area contributed by atoms with E-state index in [1.165, 1.54) is 16.8 Å². The van der Waals surface area contributed by atoms with E-state index in [9.17, 15) is 0 Å². The summed E-state index contributed by atoms with van der Waals surface area (Å²) in [6.45, 7) is 11.0. The zero-order valence-corrected chi connectivity index (χ0v) is 10.7. The van der Waals surface area contributed by atoms with E-state index in [0.717, 1.165) is 13.1 Å². The molecule has 0 atom stereocenters. The number of rotatable bonds is 3. The fourth-order valence-electron chi connectivity index (χ4n) is 2.41. The van der Waals surface area contributed by atoms with Crippen LogP contribution < -0.4 is 10.6 Å². The molecule has 1 aromatic carbocycles. The van der Waals surface area contributed by atoms with Crippen molar-refractivity contribution >= 4 is 5.69 Å². The van der Waals surface area contributed by atoms with Gasteiger partial charge in [0.05, 0.1) is 0 Å². The minimum absolute atomic E-state index is 0.255. The smallest absolute Gasteiger partial charge is 0.0382 e. The molecular formula is C14H22N2. The standard InChI is InChI=1S/C14H22N2/c1-10(2)15-8-11-6-5-7-12-13(11)14(3,4)9-16-12/h5-7,10,15-16H,8-9H2,1-4H3. The van der Waals surface area contributed by atoms with Crippen LogP contribution in [0.1, 0.15) is 38.8 Å². The summed E-state index contributed by atoms with van der Waals surface area (Å²) < 4.78 is 0. The first-order valence-electron chi connectivity index (χ1n) is 6.10. The Balaban J connectivity index is 2.30. The van der Waals surface area contributed by atoms with E-state index < -0.39 is 0 Å². The molecule has 0 radical (unpaired) electrons. The lowest BCUT2D eigenvalue weighted by atomic mass is 9.83. The maximum absolute atomic E-state index is 3.50. The van der Waals surface area contributed by atoms with Gasteiger partial charge in [0.25, 0.3) is 0 Å². The Morgan fingerprint density at radius 3 is 2.81 bits per heavy atom. The van der Waals surface area contributed by atoms with Gasteiger partial charge in [-0.15, -0.1) is 0 Å². The monoisotopic (exact) mass is 218 g/mol. The van der Waals surface area contributed by atoms with E-state index in [1.807, 2.05) is 0 Å². The number of benzene rings is 1. The molecule has 0 aromatic heterocycles. The molecule has 2 N–H and O–H groups in total. The minimum atomic E-state index is 0.255. The van der Waals surface area contributed by atoms with Crippen LogP contribution in [0, 0.1) is 0 Å². The number of nitrogens with one attached hydrogen (secondary N) is 2. The Bertz CT molecular complexity index is 380. The van der Waals surface area contributed by atoms with Crippen molar-refractivity contribution in [1.29, 1.82) is 0 Å². The van der Waals surface area contributed by atoms with Gasteiger partial charge in [0, 0.05) is 30.2 Å². The average molecular weight is 218 g/mol. The van der Waals surface area contributed by atoms with Crippen LogP contribution >= 0.6 is 0 Å². The molecule has 1 aromatic rings. The van der Waals surface area contributed by atoms with Crippen molar-refractivity contribution in [3.8, 4) is 0 Å². The second-order valence-corrected chi connectivity index (χ2v) is 5.61. The van der Waals surface area contributed by atoms with Crippen molar-refractivity contribution < 1.29 is 0 Å². The average Bonchev–Trinajstić information content (AvgIpc) is 2.53. The third-order valence-corrected chi connectivity index (χ3v) is 3.25. The largest absolute Gasteiger partial charge is 0.384 e. The van der Waals surface area contributed by atoms with E-state index in [2.05, 4.69) is 56.5 Å². The fourth-order valence-corrected chi connectivity index (χ4v) is 2.41. The molecular weight excluding hydrogens is 196 g/mol. The molecule has 1 aliphatic heterocycles. The third kappa shape index (κ3) is 2.07. The van der Waals surface area contributed by atoms with Gasteiger partial charge >= 0.3 is 0 Å². The van der Waals surface area contributed by atoms with Crippen LogP contribution in [0.2, 0.25) is 0 Å². The van der Waals surface area contributed by atoms with Gasteiger partial charge in [-0.1, -0.05) is 39.8 Å². The van der Waals surface area contributed by atoms with Crippen LogP contribution in [0.15, 0.2) is 18.2 Å². The first-order valence-corrected chi connectivity index (χ1v) is 6.10. The van der Waals surface area contributed by atoms with Gasteiger partial charge in [0.2, 0.25) is 0 Å². The summed E-state index contributed by atoms with van der Waals surface area (Å²) >= 11 is 0. The first kappa shape index (κ1) is 11.5. The molecule has 0 bridgehead atoms. The molecule has 0 saturated heterocycles. The number of anilines is 1. The van der Waals surface area contributed by atoms with E-state index in [4.69, 9.17) is 0 Å². The number of hydrogen-bond acceptors (Lipinski definition) is 2. The maximum atomic E-state index is 3.50. The first-order chi connectivity index (χ1) is 7.50. The molecule has 0 unspecified atom stereocenters. The van der Waals surface area contributed by atoms with Crippen LogP contribution in [0.3, 0.4) is 0 Å². The van der Waals surface area contributed by atoms with Crippen LogP contribution in [0.5, 0.6) is 0 Å². The predicted molar refractivity (Wildman–Crippen MR) is 69.9 cm³/mol. The number of hydrogen-bond donors (Lipinski definition) is 2. The molecule has 2 rings (SSSR count). The molecule has 16 heavy (non-hydrogen) atoms. The van der Waals surface area contributed by atoms with Crippen LogP contribution in [0.25, 0.3) is 0 Å². The minimum Gasteiger partial charge on any atom is -0.384 e. The van der Waals surface area contributed by atoms with Gasteiger partial charge in [0.15, 0.2) is 0 Å². The molecule has 1 aliphatic rings. The number of fused-ring (bicyclic) bond motifs is 1. The lowest BCUT2D eigenvalue weighted by Crippen LogP contribution is -2.25.